The van der Waals surface area contributed by atoms with Crippen LogP contribution in [0.15, 0.2) is 48.0 Å². The zero-order valence-corrected chi connectivity index (χ0v) is 17.7. The van der Waals surface area contributed by atoms with Gasteiger partial charge in [-0.2, -0.15) is 0 Å². The number of aromatic nitrogens is 2. The molecule has 0 bridgehead atoms. The van der Waals surface area contributed by atoms with Gasteiger partial charge in [0.15, 0.2) is 6.10 Å². The molecule has 2 atom stereocenters. The van der Waals surface area contributed by atoms with E-state index in [1.165, 1.54) is 23.3 Å². The molecule has 1 aromatic carbocycles. The van der Waals surface area contributed by atoms with Crippen LogP contribution in [0.5, 0.6) is 5.75 Å². The third-order valence-corrected chi connectivity index (χ3v) is 5.83. The maximum absolute atomic E-state index is 12.9. The van der Waals surface area contributed by atoms with E-state index in [2.05, 4.69) is 4.98 Å². The van der Waals surface area contributed by atoms with Gasteiger partial charge in [0.1, 0.15) is 16.8 Å². The average molecular weight is 423 g/mol. The highest BCUT2D eigenvalue weighted by atomic mass is 32.1. The minimum Gasteiger partial charge on any atom is -0.479 e. The molecular weight excluding hydrogens is 402 g/mol. The first-order chi connectivity index (χ1) is 14.5. The van der Waals surface area contributed by atoms with E-state index in [9.17, 15) is 9.59 Å². The molecule has 0 fully saturated rings. The largest absolute Gasteiger partial charge is 0.479 e. The van der Waals surface area contributed by atoms with Crippen molar-refractivity contribution in [2.45, 2.75) is 32.4 Å². The lowest BCUT2D eigenvalue weighted by atomic mass is 10.0. The molecule has 2 aromatic heterocycles. The van der Waals surface area contributed by atoms with Gasteiger partial charge in [0.2, 0.25) is 0 Å². The molecule has 2 unspecified atom stereocenters. The molecule has 0 N–H and O–H groups in total. The Bertz CT molecular complexity index is 1080. The van der Waals surface area contributed by atoms with Gasteiger partial charge in [-0.05, 0) is 43.7 Å². The van der Waals surface area contributed by atoms with Crippen molar-refractivity contribution in [3.63, 3.8) is 0 Å². The second-order valence-corrected chi connectivity index (χ2v) is 7.71. The first kappa shape index (κ1) is 20.0. The van der Waals surface area contributed by atoms with Crippen LogP contribution in [-0.2, 0) is 14.3 Å². The van der Waals surface area contributed by atoms with Gasteiger partial charge in [-0.25, -0.2) is 9.78 Å². The second kappa shape index (κ2) is 8.23. The van der Waals surface area contributed by atoms with E-state index in [0.29, 0.717) is 17.9 Å². The van der Waals surface area contributed by atoms with E-state index in [1.807, 2.05) is 48.7 Å². The molecule has 154 valence electrons. The van der Waals surface area contributed by atoms with Crippen molar-refractivity contribution in [3.05, 3.63) is 48.0 Å². The lowest BCUT2D eigenvalue weighted by molar-refractivity contribution is -0.144. The van der Waals surface area contributed by atoms with E-state index < -0.39 is 18.1 Å². The number of carbonyl (C=O) groups excluding carboxylic acids is 2. The number of carbonyl (C=O) groups is 2. The maximum atomic E-state index is 12.9. The van der Waals surface area contributed by atoms with Crippen molar-refractivity contribution in [1.82, 2.24) is 9.97 Å². The first-order valence-corrected chi connectivity index (χ1v) is 10.5. The number of hydrogen-bond donors (Lipinski definition) is 0. The monoisotopic (exact) mass is 423 g/mol. The molecule has 1 aliphatic rings. The highest BCUT2D eigenvalue weighted by Crippen LogP contribution is 2.40. The number of pyridine rings is 1. The van der Waals surface area contributed by atoms with Crippen molar-refractivity contribution in [2.75, 3.05) is 12.0 Å². The summed E-state index contributed by atoms with van der Waals surface area (Å²) in [7, 11) is 1.32. The molecule has 3 heterocycles. The van der Waals surface area contributed by atoms with E-state index >= 15 is 0 Å². The minimum absolute atomic E-state index is 0.274. The number of esters is 1. The number of anilines is 1. The molecule has 8 heteroatoms. The Hall–Kier alpha value is -3.26. The number of methoxy groups -OCH3 is 1. The Kier molecular flexibility index (Phi) is 5.50. The standard InChI is InChI=1S/C22H21N3O4S/c1-4-17(22(27)28-3)25-18-11-14(8-9-19(18)29-13(2)21(25)26)16-12-30-20(24-16)15-7-5-6-10-23-15/h5-13,17H,4H2,1-3H3. The topological polar surface area (TPSA) is 81.6 Å². The van der Waals surface area contributed by atoms with Crippen molar-refractivity contribution in [1.29, 1.82) is 0 Å². The molecule has 7 nitrogen and oxygen atoms in total. The zero-order chi connectivity index (χ0) is 21.3. The van der Waals surface area contributed by atoms with Crippen LogP contribution in [0.3, 0.4) is 0 Å². The van der Waals surface area contributed by atoms with Crippen LogP contribution >= 0.6 is 11.3 Å². The number of fused-ring (bicyclic) bond motifs is 1. The number of benzene rings is 1. The summed E-state index contributed by atoms with van der Waals surface area (Å²) in [4.78, 5) is 35.8. The number of thiazole rings is 1. The summed E-state index contributed by atoms with van der Waals surface area (Å²) in [6, 6.07) is 10.5. The van der Waals surface area contributed by atoms with Crippen LogP contribution in [0.2, 0.25) is 0 Å². The lowest BCUT2D eigenvalue weighted by Crippen LogP contribution is -2.52. The fourth-order valence-electron chi connectivity index (χ4n) is 3.45. The van der Waals surface area contributed by atoms with Crippen LogP contribution in [0, 0.1) is 0 Å². The lowest BCUT2D eigenvalue weighted by Gasteiger charge is -2.36. The highest BCUT2D eigenvalue weighted by molar-refractivity contribution is 7.13. The molecule has 0 aliphatic carbocycles. The molecule has 30 heavy (non-hydrogen) atoms. The zero-order valence-electron chi connectivity index (χ0n) is 16.9. The quantitative estimate of drug-likeness (QED) is 0.578. The fourth-order valence-corrected chi connectivity index (χ4v) is 4.25. The van der Waals surface area contributed by atoms with Crippen molar-refractivity contribution < 1.29 is 19.1 Å². The summed E-state index contributed by atoms with van der Waals surface area (Å²) >= 11 is 1.50. The Balaban J connectivity index is 1.76. The number of nitrogens with zero attached hydrogens (tertiary/aromatic N) is 3. The minimum atomic E-state index is -0.720. The molecule has 3 aromatic rings. The maximum Gasteiger partial charge on any atom is 0.328 e. The number of amides is 1. The fraction of sp³-hybridized carbons (Fsp3) is 0.273. The molecule has 4 rings (SSSR count). The van der Waals surface area contributed by atoms with Gasteiger partial charge in [0.25, 0.3) is 5.91 Å². The van der Waals surface area contributed by atoms with Gasteiger partial charge in [0.05, 0.1) is 24.2 Å². The van der Waals surface area contributed by atoms with Gasteiger partial charge in [-0.1, -0.05) is 13.0 Å². The van der Waals surface area contributed by atoms with Gasteiger partial charge in [-0.3, -0.25) is 14.7 Å². The predicted molar refractivity (Wildman–Crippen MR) is 114 cm³/mol. The van der Waals surface area contributed by atoms with Crippen LogP contribution < -0.4 is 9.64 Å². The number of rotatable bonds is 5. The summed E-state index contributed by atoms with van der Waals surface area (Å²) in [6.45, 7) is 3.52. The highest BCUT2D eigenvalue weighted by Gasteiger charge is 2.39. The van der Waals surface area contributed by atoms with E-state index in [4.69, 9.17) is 14.5 Å². The van der Waals surface area contributed by atoms with Crippen LogP contribution in [0.25, 0.3) is 22.0 Å². The van der Waals surface area contributed by atoms with Gasteiger partial charge < -0.3 is 9.47 Å². The SMILES string of the molecule is CCC(C(=O)OC)N1C(=O)C(C)Oc2ccc(-c3csc(-c4ccccn4)n3)cc21. The molecule has 1 amide bonds. The molecule has 0 saturated heterocycles. The van der Waals surface area contributed by atoms with Crippen molar-refractivity contribution in [3.8, 4) is 27.7 Å². The smallest absolute Gasteiger partial charge is 0.328 e. The van der Waals surface area contributed by atoms with Gasteiger partial charge in [-0.15, -0.1) is 11.3 Å². The molecule has 1 aliphatic heterocycles. The molecule has 0 radical (unpaired) electrons. The normalized spacial score (nSPS) is 16.6. The third kappa shape index (κ3) is 3.54. The summed E-state index contributed by atoms with van der Waals surface area (Å²) in [6.07, 6.45) is 1.47. The van der Waals surface area contributed by atoms with E-state index in [1.54, 1.807) is 13.1 Å². The predicted octanol–water partition coefficient (Wildman–Crippen LogP) is 3.94. The molecular formula is C22H21N3O4S. The van der Waals surface area contributed by atoms with E-state index in [0.717, 1.165) is 22.0 Å². The summed E-state index contributed by atoms with van der Waals surface area (Å²) < 4.78 is 10.7. The second-order valence-electron chi connectivity index (χ2n) is 6.85. The molecule has 0 saturated carbocycles. The van der Waals surface area contributed by atoms with Crippen LogP contribution in [0.1, 0.15) is 20.3 Å². The Labute approximate surface area is 178 Å². The van der Waals surface area contributed by atoms with Crippen molar-refractivity contribution in [2.24, 2.45) is 0 Å². The number of ether oxygens (including phenoxy) is 2. The summed E-state index contributed by atoms with van der Waals surface area (Å²) in [5.74, 6) is -0.180. The van der Waals surface area contributed by atoms with Crippen molar-refractivity contribution >= 4 is 28.9 Å². The van der Waals surface area contributed by atoms with E-state index in [-0.39, 0.29) is 5.91 Å². The van der Waals surface area contributed by atoms with Crippen LogP contribution in [0.4, 0.5) is 5.69 Å². The Morgan fingerprint density at radius 2 is 2.13 bits per heavy atom. The number of hydrogen-bond acceptors (Lipinski definition) is 7. The summed E-state index contributed by atoms with van der Waals surface area (Å²) in [5.41, 5.74) is 2.93. The third-order valence-electron chi connectivity index (χ3n) is 4.96. The van der Waals surface area contributed by atoms with Gasteiger partial charge in [0, 0.05) is 17.1 Å². The van der Waals surface area contributed by atoms with Crippen LogP contribution in [-0.4, -0.2) is 41.1 Å². The summed E-state index contributed by atoms with van der Waals surface area (Å²) in [5, 5.41) is 2.75. The molecule has 0 spiro atoms. The average Bonchev–Trinajstić information content (AvgIpc) is 3.27. The Morgan fingerprint density at radius 3 is 2.83 bits per heavy atom. The van der Waals surface area contributed by atoms with Gasteiger partial charge >= 0.3 is 5.97 Å². The first-order valence-electron chi connectivity index (χ1n) is 9.62. The Morgan fingerprint density at radius 1 is 1.30 bits per heavy atom.